The van der Waals surface area contributed by atoms with Crippen LogP contribution in [0.15, 0.2) is 0 Å². The topological polar surface area (TPSA) is 53.1 Å². The van der Waals surface area contributed by atoms with Crippen LogP contribution in [0.4, 0.5) is 0 Å². The van der Waals surface area contributed by atoms with E-state index < -0.39 is 10.2 Å². The molecule has 1 spiro atoms. The van der Waals surface area contributed by atoms with Gasteiger partial charge in [-0.15, -0.1) is 0 Å². The van der Waals surface area contributed by atoms with E-state index in [-0.39, 0.29) is 5.41 Å². The Morgan fingerprint density at radius 1 is 1.27 bits per heavy atom. The third kappa shape index (κ3) is 3.06. The van der Waals surface area contributed by atoms with Gasteiger partial charge in [0, 0.05) is 65.3 Å². The van der Waals surface area contributed by atoms with Crippen LogP contribution in [0, 0.1) is 17.3 Å². The molecule has 2 aliphatic heterocycles. The van der Waals surface area contributed by atoms with Gasteiger partial charge in [0.1, 0.15) is 0 Å². The Bertz CT molecular complexity index is 506. The fraction of sp³-hybridized carbons (Fsp3) is 1.00. The molecule has 1 saturated carbocycles. The summed E-state index contributed by atoms with van der Waals surface area (Å²) in [5.41, 5.74) is 0.0774. The van der Waals surface area contributed by atoms with Crippen molar-refractivity contribution in [3.05, 3.63) is 0 Å². The zero-order valence-electron chi connectivity index (χ0n) is 14.0. The van der Waals surface area contributed by atoms with Gasteiger partial charge < -0.3 is 9.64 Å². The lowest BCUT2D eigenvalue weighted by molar-refractivity contribution is 0.100. The van der Waals surface area contributed by atoms with Crippen LogP contribution in [0.5, 0.6) is 0 Å². The Labute approximate surface area is 134 Å². The first kappa shape index (κ1) is 16.6. The summed E-state index contributed by atoms with van der Waals surface area (Å²) in [5.74, 6) is 1.32. The highest BCUT2D eigenvalue weighted by Crippen LogP contribution is 2.46. The average molecular weight is 331 g/mol. The molecule has 3 aliphatic rings. The average Bonchev–Trinajstić information content (AvgIpc) is 3.05. The summed E-state index contributed by atoms with van der Waals surface area (Å²) in [7, 11) is 1.68. The van der Waals surface area contributed by atoms with Crippen molar-refractivity contribution in [1.29, 1.82) is 0 Å². The smallest absolute Gasteiger partial charge is 0.281 e. The largest absolute Gasteiger partial charge is 0.384 e. The lowest BCUT2D eigenvalue weighted by Gasteiger charge is -2.30. The van der Waals surface area contributed by atoms with Gasteiger partial charge in [-0.1, -0.05) is 0 Å². The van der Waals surface area contributed by atoms with Gasteiger partial charge in [0.15, 0.2) is 0 Å². The summed E-state index contributed by atoms with van der Waals surface area (Å²) in [5, 5.41) is 0. The monoisotopic (exact) mass is 331 g/mol. The molecule has 22 heavy (non-hydrogen) atoms. The number of ether oxygens (including phenoxy) is 1. The summed E-state index contributed by atoms with van der Waals surface area (Å²) in [6.45, 7) is 5.28. The van der Waals surface area contributed by atoms with E-state index in [0.717, 1.165) is 32.0 Å². The normalized spacial score (nSPS) is 34.3. The van der Waals surface area contributed by atoms with Gasteiger partial charge in [-0.3, -0.25) is 0 Å². The summed E-state index contributed by atoms with van der Waals surface area (Å²) >= 11 is 0. The molecule has 0 amide bonds. The zero-order valence-corrected chi connectivity index (χ0v) is 14.8. The van der Waals surface area contributed by atoms with Crippen LogP contribution in [0.2, 0.25) is 0 Å². The van der Waals surface area contributed by atoms with Crippen molar-refractivity contribution in [2.24, 2.45) is 17.3 Å². The van der Waals surface area contributed by atoms with Gasteiger partial charge in [-0.2, -0.15) is 17.0 Å². The second kappa shape index (κ2) is 6.02. The SMILES string of the molecule is COC[C@H]1CN(CC2CC2)C[C@]12CCN(S(=O)(=O)N(C)C)C2. The Balaban J connectivity index is 1.72. The molecule has 1 aliphatic carbocycles. The summed E-state index contributed by atoms with van der Waals surface area (Å²) in [6, 6.07) is 0. The van der Waals surface area contributed by atoms with Gasteiger partial charge >= 0.3 is 0 Å². The molecule has 0 N–H and O–H groups in total. The first-order chi connectivity index (χ1) is 10.4. The van der Waals surface area contributed by atoms with Gasteiger partial charge in [0.25, 0.3) is 10.2 Å². The minimum atomic E-state index is -3.30. The van der Waals surface area contributed by atoms with Crippen molar-refractivity contribution in [2.45, 2.75) is 19.3 Å². The number of hydrogen-bond acceptors (Lipinski definition) is 4. The van der Waals surface area contributed by atoms with E-state index in [0.29, 0.717) is 19.0 Å². The molecule has 2 heterocycles. The lowest BCUT2D eigenvalue weighted by atomic mass is 9.78. The second-order valence-electron chi connectivity index (χ2n) is 7.53. The summed E-state index contributed by atoms with van der Waals surface area (Å²) in [6.07, 6.45) is 3.68. The fourth-order valence-electron chi connectivity index (χ4n) is 4.13. The molecule has 2 atom stereocenters. The Kier molecular flexibility index (Phi) is 4.55. The summed E-state index contributed by atoms with van der Waals surface area (Å²) < 4.78 is 33.3. The predicted molar refractivity (Wildman–Crippen MR) is 85.8 cm³/mol. The highest BCUT2D eigenvalue weighted by molar-refractivity contribution is 7.86. The first-order valence-corrected chi connectivity index (χ1v) is 9.66. The molecule has 0 unspecified atom stereocenters. The molecule has 0 aromatic rings. The van der Waals surface area contributed by atoms with Gasteiger partial charge in [0.05, 0.1) is 6.61 Å². The minimum Gasteiger partial charge on any atom is -0.384 e. The number of likely N-dealkylation sites (tertiary alicyclic amines) is 1. The molecule has 0 bridgehead atoms. The van der Waals surface area contributed by atoms with E-state index >= 15 is 0 Å². The van der Waals surface area contributed by atoms with Crippen molar-refractivity contribution in [1.82, 2.24) is 13.5 Å². The molecular formula is C15H29N3O3S. The van der Waals surface area contributed by atoms with E-state index in [9.17, 15) is 8.42 Å². The van der Waals surface area contributed by atoms with Crippen molar-refractivity contribution in [3.63, 3.8) is 0 Å². The molecule has 0 aromatic heterocycles. The molecule has 0 radical (unpaired) electrons. The zero-order chi connectivity index (χ0) is 16.0. The first-order valence-electron chi connectivity index (χ1n) is 8.26. The summed E-state index contributed by atoms with van der Waals surface area (Å²) in [4.78, 5) is 2.55. The molecular weight excluding hydrogens is 302 g/mol. The van der Waals surface area contributed by atoms with Crippen LogP contribution in [-0.4, -0.2) is 82.5 Å². The molecule has 6 nitrogen and oxygen atoms in total. The van der Waals surface area contributed by atoms with E-state index in [1.165, 1.54) is 23.7 Å². The van der Waals surface area contributed by atoms with Crippen molar-refractivity contribution < 1.29 is 13.2 Å². The molecule has 3 fully saturated rings. The van der Waals surface area contributed by atoms with Crippen LogP contribution < -0.4 is 0 Å². The maximum atomic E-state index is 12.4. The number of hydrogen-bond donors (Lipinski definition) is 0. The Morgan fingerprint density at radius 3 is 2.59 bits per heavy atom. The number of rotatable bonds is 6. The van der Waals surface area contributed by atoms with Crippen molar-refractivity contribution in [3.8, 4) is 0 Å². The highest BCUT2D eigenvalue weighted by Gasteiger charge is 2.53. The van der Waals surface area contributed by atoms with Crippen molar-refractivity contribution in [2.75, 3.05) is 60.5 Å². The molecule has 7 heteroatoms. The standard InChI is InChI=1S/C15H29N3O3S/c1-16(2)22(19,20)18-7-6-15(12-18)11-17(8-13-4-5-13)9-14(15)10-21-3/h13-14H,4-12H2,1-3H3/t14-,15+/m1/s1. The molecule has 128 valence electrons. The third-order valence-electron chi connectivity index (χ3n) is 5.60. The van der Waals surface area contributed by atoms with E-state index in [2.05, 4.69) is 4.90 Å². The highest BCUT2D eigenvalue weighted by atomic mass is 32.2. The molecule has 3 rings (SSSR count). The minimum absolute atomic E-state index is 0.0774. The van der Waals surface area contributed by atoms with Gasteiger partial charge in [-0.25, -0.2) is 0 Å². The predicted octanol–water partition coefficient (Wildman–Crippen LogP) is 0.473. The van der Waals surface area contributed by atoms with Gasteiger partial charge in [0.2, 0.25) is 0 Å². The van der Waals surface area contributed by atoms with Gasteiger partial charge in [-0.05, 0) is 25.2 Å². The molecule has 2 saturated heterocycles. The number of methoxy groups -OCH3 is 1. The second-order valence-corrected chi connectivity index (χ2v) is 9.67. The molecule has 0 aromatic carbocycles. The lowest BCUT2D eigenvalue weighted by Crippen LogP contribution is -2.42. The number of nitrogens with zero attached hydrogens (tertiary/aromatic N) is 3. The quantitative estimate of drug-likeness (QED) is 0.710. The Morgan fingerprint density at radius 2 is 2.00 bits per heavy atom. The van der Waals surface area contributed by atoms with E-state index in [1.54, 1.807) is 25.5 Å². The van der Waals surface area contributed by atoms with Crippen LogP contribution >= 0.6 is 0 Å². The Hall–Kier alpha value is -0.210. The van der Waals surface area contributed by atoms with Crippen LogP contribution in [0.3, 0.4) is 0 Å². The van der Waals surface area contributed by atoms with Crippen LogP contribution in [0.1, 0.15) is 19.3 Å². The van der Waals surface area contributed by atoms with Crippen molar-refractivity contribution >= 4 is 10.2 Å². The third-order valence-corrected chi connectivity index (χ3v) is 7.49. The fourth-order valence-corrected chi connectivity index (χ4v) is 5.33. The van der Waals surface area contributed by atoms with E-state index in [4.69, 9.17) is 4.74 Å². The maximum absolute atomic E-state index is 12.4. The van der Waals surface area contributed by atoms with Crippen LogP contribution in [-0.2, 0) is 14.9 Å². The maximum Gasteiger partial charge on any atom is 0.281 e. The van der Waals surface area contributed by atoms with Crippen LogP contribution in [0.25, 0.3) is 0 Å². The van der Waals surface area contributed by atoms with E-state index in [1.807, 2.05) is 0 Å².